The zero-order chi connectivity index (χ0) is 22.1. The zero-order valence-corrected chi connectivity index (χ0v) is 18.1. The lowest BCUT2D eigenvalue weighted by Crippen LogP contribution is -2.09. The molecule has 0 aliphatic heterocycles. The Morgan fingerprint density at radius 3 is 2.26 bits per heavy atom. The molecule has 0 saturated heterocycles. The molecule has 0 spiro atoms. The van der Waals surface area contributed by atoms with E-state index in [0.717, 1.165) is 11.1 Å². The first-order chi connectivity index (χ1) is 14.8. The van der Waals surface area contributed by atoms with Crippen LogP contribution >= 0.6 is 23.2 Å². The molecule has 7 heteroatoms. The van der Waals surface area contributed by atoms with Gasteiger partial charge in [-0.15, -0.1) is 0 Å². The van der Waals surface area contributed by atoms with Gasteiger partial charge in [-0.2, -0.15) is 0 Å². The minimum atomic E-state index is -0.549. The van der Waals surface area contributed by atoms with Crippen molar-refractivity contribution in [3.8, 4) is 17.2 Å². The maximum atomic E-state index is 12.8. The zero-order valence-electron chi connectivity index (χ0n) is 16.6. The summed E-state index contributed by atoms with van der Waals surface area (Å²) >= 11 is 12.0. The fourth-order valence-electron chi connectivity index (χ4n) is 3.07. The van der Waals surface area contributed by atoms with Gasteiger partial charge >= 0.3 is 5.97 Å². The molecule has 31 heavy (non-hydrogen) atoms. The largest absolute Gasteiger partial charge is 0.460 e. The fraction of sp³-hybridized carbons (Fsp3) is 0.0833. The number of rotatable bonds is 4. The number of aryl methyl sites for hydroxylation is 2. The van der Waals surface area contributed by atoms with Gasteiger partial charge in [-0.1, -0.05) is 23.2 Å². The summed E-state index contributed by atoms with van der Waals surface area (Å²) in [4.78, 5) is 25.1. The lowest BCUT2D eigenvalue weighted by Gasteiger charge is -2.10. The quantitative estimate of drug-likeness (QED) is 0.252. The predicted molar refractivity (Wildman–Crippen MR) is 120 cm³/mol. The molecule has 0 atom stereocenters. The molecule has 4 aromatic rings. The van der Waals surface area contributed by atoms with Gasteiger partial charge in [0.25, 0.3) is 0 Å². The molecule has 5 nitrogen and oxygen atoms in total. The van der Waals surface area contributed by atoms with E-state index in [1.54, 1.807) is 36.4 Å². The lowest BCUT2D eigenvalue weighted by atomic mass is 10.1. The molecule has 3 aromatic carbocycles. The maximum Gasteiger partial charge on any atom is 0.343 e. The van der Waals surface area contributed by atoms with E-state index in [-0.39, 0.29) is 22.5 Å². The smallest absolute Gasteiger partial charge is 0.343 e. The average molecular weight is 455 g/mol. The Kier molecular flexibility index (Phi) is 5.72. The van der Waals surface area contributed by atoms with Crippen LogP contribution in [0.15, 0.2) is 70.1 Å². The van der Waals surface area contributed by atoms with Gasteiger partial charge in [0.05, 0.1) is 10.9 Å². The standard InChI is InChI=1S/C24H16Cl2O5/c1-13-9-18(10-14(2)22(13)26)30-21-12-29-20-11-17(7-8-19(20)23(21)27)31-24(28)15-3-5-16(25)6-4-15/h3-12H,1-2H3. The Balaban J connectivity index is 1.60. The van der Waals surface area contributed by atoms with Gasteiger partial charge in [-0.3, -0.25) is 4.79 Å². The van der Waals surface area contributed by atoms with Crippen molar-refractivity contribution in [3.05, 3.63) is 97.8 Å². The molecule has 0 aliphatic carbocycles. The molecule has 0 radical (unpaired) electrons. The van der Waals surface area contributed by atoms with Crippen LogP contribution < -0.4 is 14.9 Å². The van der Waals surface area contributed by atoms with Gasteiger partial charge in [0.2, 0.25) is 11.2 Å². The number of carbonyl (C=O) groups excluding carboxylic acids is 1. The van der Waals surface area contributed by atoms with Gasteiger partial charge in [0, 0.05) is 16.1 Å². The van der Waals surface area contributed by atoms with Crippen molar-refractivity contribution in [2.24, 2.45) is 0 Å². The SMILES string of the molecule is Cc1cc(Oc2coc3cc(OC(=O)c4ccc(Cl)cc4)ccc3c2=O)cc(C)c1Cl. The van der Waals surface area contributed by atoms with E-state index in [9.17, 15) is 9.59 Å². The number of benzene rings is 3. The van der Waals surface area contributed by atoms with E-state index in [0.29, 0.717) is 26.7 Å². The summed E-state index contributed by atoms with van der Waals surface area (Å²) < 4.78 is 16.7. The molecule has 0 fully saturated rings. The molecular weight excluding hydrogens is 439 g/mol. The van der Waals surface area contributed by atoms with E-state index in [4.69, 9.17) is 37.1 Å². The van der Waals surface area contributed by atoms with Crippen molar-refractivity contribution in [2.75, 3.05) is 0 Å². The van der Waals surface area contributed by atoms with Crippen molar-refractivity contribution < 1.29 is 18.7 Å². The molecule has 0 aliphatic rings. The number of fused-ring (bicyclic) bond motifs is 1. The van der Waals surface area contributed by atoms with Crippen LogP contribution in [0, 0.1) is 13.8 Å². The van der Waals surface area contributed by atoms with Crippen molar-refractivity contribution in [2.45, 2.75) is 13.8 Å². The predicted octanol–water partition coefficient (Wildman–Crippen LogP) is 6.73. The molecule has 4 rings (SSSR count). The molecule has 0 unspecified atom stereocenters. The number of hydrogen-bond acceptors (Lipinski definition) is 5. The van der Waals surface area contributed by atoms with E-state index >= 15 is 0 Å². The van der Waals surface area contributed by atoms with Crippen LogP contribution in [0.2, 0.25) is 10.0 Å². The first-order valence-corrected chi connectivity index (χ1v) is 10.1. The third kappa shape index (κ3) is 4.43. The molecule has 1 aromatic heterocycles. The summed E-state index contributed by atoms with van der Waals surface area (Å²) in [5, 5.41) is 1.47. The normalized spacial score (nSPS) is 10.8. The second kappa shape index (κ2) is 8.46. The summed E-state index contributed by atoms with van der Waals surface area (Å²) in [5.74, 6) is 0.221. The third-order valence-electron chi connectivity index (χ3n) is 4.64. The fourth-order valence-corrected chi connectivity index (χ4v) is 3.30. The Labute approximate surface area is 187 Å². The Bertz CT molecular complexity index is 1330. The summed E-state index contributed by atoms with van der Waals surface area (Å²) in [6.07, 6.45) is 1.23. The van der Waals surface area contributed by atoms with Crippen LogP contribution in [0.3, 0.4) is 0 Å². The van der Waals surface area contributed by atoms with Crippen LogP contribution in [0.4, 0.5) is 0 Å². The van der Waals surface area contributed by atoms with E-state index in [1.165, 1.54) is 24.5 Å². The number of halogens is 2. The maximum absolute atomic E-state index is 12.8. The Morgan fingerprint density at radius 2 is 1.58 bits per heavy atom. The van der Waals surface area contributed by atoms with Gasteiger partial charge in [-0.05, 0) is 73.5 Å². The lowest BCUT2D eigenvalue weighted by molar-refractivity contribution is 0.0735. The van der Waals surface area contributed by atoms with E-state index < -0.39 is 5.97 Å². The van der Waals surface area contributed by atoms with Crippen LogP contribution in [0.25, 0.3) is 11.0 Å². The van der Waals surface area contributed by atoms with Gasteiger partial charge in [0.15, 0.2) is 0 Å². The first kappa shape index (κ1) is 21.0. The second-order valence-electron chi connectivity index (χ2n) is 6.96. The molecule has 156 valence electrons. The first-order valence-electron chi connectivity index (χ1n) is 9.30. The highest BCUT2D eigenvalue weighted by Gasteiger charge is 2.14. The van der Waals surface area contributed by atoms with Crippen LogP contribution in [-0.2, 0) is 0 Å². The van der Waals surface area contributed by atoms with Gasteiger partial charge in [-0.25, -0.2) is 4.79 Å². The highest BCUT2D eigenvalue weighted by Crippen LogP contribution is 2.29. The summed E-state index contributed by atoms with van der Waals surface area (Å²) in [6.45, 7) is 3.72. The van der Waals surface area contributed by atoms with Gasteiger partial charge < -0.3 is 13.9 Å². The van der Waals surface area contributed by atoms with Crippen LogP contribution in [-0.4, -0.2) is 5.97 Å². The Morgan fingerprint density at radius 1 is 0.903 bits per heavy atom. The average Bonchev–Trinajstić information content (AvgIpc) is 2.74. The van der Waals surface area contributed by atoms with Crippen LogP contribution in [0.1, 0.15) is 21.5 Å². The molecular formula is C24H16Cl2O5. The number of ether oxygens (including phenoxy) is 2. The number of hydrogen-bond donors (Lipinski definition) is 0. The minimum Gasteiger partial charge on any atom is -0.460 e. The molecule has 0 bridgehead atoms. The van der Waals surface area contributed by atoms with E-state index in [2.05, 4.69) is 0 Å². The molecule has 1 heterocycles. The highest BCUT2D eigenvalue weighted by molar-refractivity contribution is 6.32. The van der Waals surface area contributed by atoms with Crippen molar-refractivity contribution >= 4 is 40.1 Å². The van der Waals surface area contributed by atoms with E-state index in [1.807, 2.05) is 13.8 Å². The second-order valence-corrected chi connectivity index (χ2v) is 7.77. The minimum absolute atomic E-state index is 0.0412. The molecule has 0 amide bonds. The van der Waals surface area contributed by atoms with Crippen molar-refractivity contribution in [3.63, 3.8) is 0 Å². The van der Waals surface area contributed by atoms with Crippen molar-refractivity contribution in [1.29, 1.82) is 0 Å². The van der Waals surface area contributed by atoms with Gasteiger partial charge in [0.1, 0.15) is 23.3 Å². The third-order valence-corrected chi connectivity index (χ3v) is 5.49. The molecule has 0 saturated carbocycles. The van der Waals surface area contributed by atoms with Crippen LogP contribution in [0.5, 0.6) is 17.2 Å². The van der Waals surface area contributed by atoms with Crippen molar-refractivity contribution in [1.82, 2.24) is 0 Å². The number of carbonyl (C=O) groups is 1. The number of esters is 1. The summed E-state index contributed by atoms with van der Waals surface area (Å²) in [6, 6.07) is 14.3. The topological polar surface area (TPSA) is 65.7 Å². The highest BCUT2D eigenvalue weighted by atomic mass is 35.5. The summed E-state index contributed by atoms with van der Waals surface area (Å²) in [7, 11) is 0. The molecule has 0 N–H and O–H groups in total. The Hall–Kier alpha value is -3.28. The monoisotopic (exact) mass is 454 g/mol. The summed E-state index contributed by atoms with van der Waals surface area (Å²) in [5.41, 5.74) is 1.95.